The predicted molar refractivity (Wildman–Crippen MR) is 149 cm³/mol. The fraction of sp³-hybridized carbons (Fsp3) is 0.444. The zero-order chi connectivity index (χ0) is 29.0. The Hall–Kier alpha value is -3.19. The summed E-state index contributed by atoms with van der Waals surface area (Å²) in [6, 6.07) is 7.49. The van der Waals surface area contributed by atoms with Crippen LogP contribution in [-0.4, -0.2) is 63.7 Å². The second-order valence-corrected chi connectivity index (χ2v) is 11.6. The zero-order valence-electron chi connectivity index (χ0n) is 22.6. The van der Waals surface area contributed by atoms with E-state index in [1.165, 1.54) is 6.08 Å². The molecule has 2 aromatic carbocycles. The number of unbranched alkanes of at least 4 members (excludes halogenated alkanes) is 1. The average molecular weight is 593 g/mol. The number of hydrogen-bond donors (Lipinski definition) is 2. The third-order valence-electron chi connectivity index (χ3n) is 7.01. The quantitative estimate of drug-likeness (QED) is 0.249. The Kier molecular flexibility index (Phi) is 9.34. The van der Waals surface area contributed by atoms with Crippen molar-refractivity contribution >= 4 is 38.9 Å². The number of fused-ring (bicyclic) bond motifs is 1. The first kappa shape index (κ1) is 29.8. The molecular weight excluding hydrogens is 560 g/mol. The lowest BCUT2D eigenvalue weighted by Crippen LogP contribution is -2.35. The molecule has 3 aromatic rings. The summed E-state index contributed by atoms with van der Waals surface area (Å²) < 4.78 is 37.8. The van der Waals surface area contributed by atoms with E-state index in [4.69, 9.17) is 21.4 Å². The maximum Gasteiger partial charge on any atom is 0.388 e. The lowest BCUT2D eigenvalue weighted by molar-refractivity contribution is -0.143. The maximum absolute atomic E-state index is 12.8. The number of rotatable bonds is 11. The fourth-order valence-electron chi connectivity index (χ4n) is 4.82. The summed E-state index contributed by atoms with van der Waals surface area (Å²) in [5.41, 5.74) is 5.28. The molecule has 0 saturated heterocycles. The second-order valence-electron chi connectivity index (χ2n) is 9.62. The van der Waals surface area contributed by atoms with Gasteiger partial charge in [-0.15, -0.1) is 5.10 Å². The zero-order valence-corrected chi connectivity index (χ0v) is 24.2. The van der Waals surface area contributed by atoms with E-state index in [9.17, 15) is 18.3 Å². The molecule has 1 unspecified atom stereocenters. The van der Waals surface area contributed by atoms with Gasteiger partial charge < -0.3 is 19.1 Å². The molecule has 4 rings (SSSR count). The number of hydrogen-bond acceptors (Lipinski definition) is 9. The number of aromatic nitrogens is 3. The van der Waals surface area contributed by atoms with Crippen LogP contribution < -0.4 is 0 Å². The molecule has 2 heterocycles. The van der Waals surface area contributed by atoms with E-state index in [-0.39, 0.29) is 38.7 Å². The van der Waals surface area contributed by atoms with Gasteiger partial charge >= 0.3 is 16.3 Å². The van der Waals surface area contributed by atoms with Crippen molar-refractivity contribution in [1.82, 2.24) is 19.3 Å². The molecule has 11 nitrogen and oxygen atoms in total. The largest absolute Gasteiger partial charge is 0.480 e. The Morgan fingerprint density at radius 1 is 1.23 bits per heavy atom. The molecule has 0 spiro atoms. The Labute approximate surface area is 238 Å². The number of aliphatic hydroxyl groups is 2. The van der Waals surface area contributed by atoms with Crippen LogP contribution in [0.4, 0.5) is 0 Å². The monoisotopic (exact) mass is 592 g/mol. The van der Waals surface area contributed by atoms with Gasteiger partial charge in [-0.25, -0.2) is 4.68 Å². The van der Waals surface area contributed by atoms with Crippen molar-refractivity contribution < 1.29 is 32.3 Å². The molecule has 1 aliphatic heterocycles. The van der Waals surface area contributed by atoms with E-state index < -0.39 is 22.2 Å². The molecular formula is C27H33ClN4O7S. The average Bonchev–Trinajstić information content (AvgIpc) is 3.31. The fourth-order valence-corrected chi connectivity index (χ4v) is 6.01. The summed E-state index contributed by atoms with van der Waals surface area (Å²) in [4.78, 5) is 12.8. The van der Waals surface area contributed by atoms with Gasteiger partial charge in [0.2, 0.25) is 0 Å². The van der Waals surface area contributed by atoms with Gasteiger partial charge in [0, 0.05) is 43.3 Å². The molecule has 1 atom stereocenters. The normalized spacial score (nSPS) is 16.0. The maximum atomic E-state index is 12.8. The smallest absolute Gasteiger partial charge is 0.388 e. The molecule has 1 aliphatic rings. The van der Waals surface area contributed by atoms with Gasteiger partial charge in [-0.1, -0.05) is 28.9 Å². The van der Waals surface area contributed by atoms with Gasteiger partial charge in [-0.3, -0.25) is 4.79 Å². The lowest BCUT2D eigenvalue weighted by Gasteiger charge is -2.26. The van der Waals surface area contributed by atoms with Crippen molar-refractivity contribution in [2.24, 2.45) is 0 Å². The van der Waals surface area contributed by atoms with Crippen LogP contribution >= 0.6 is 11.6 Å². The first-order chi connectivity index (χ1) is 19.1. The van der Waals surface area contributed by atoms with Gasteiger partial charge in [0.25, 0.3) is 5.95 Å². The summed E-state index contributed by atoms with van der Waals surface area (Å²) in [5.74, 6) is -1.51. The van der Waals surface area contributed by atoms with Gasteiger partial charge in [0.1, 0.15) is 5.52 Å². The highest BCUT2D eigenvalue weighted by atomic mass is 35.5. The molecule has 2 N–H and O–H groups in total. The molecule has 0 aliphatic carbocycles. The first-order valence-corrected chi connectivity index (χ1v) is 14.8. The van der Waals surface area contributed by atoms with E-state index in [0.717, 1.165) is 27.4 Å². The lowest BCUT2D eigenvalue weighted by atomic mass is 9.84. The molecule has 0 radical (unpaired) electrons. The summed E-state index contributed by atoms with van der Waals surface area (Å²) in [6.07, 6.45) is 2.73. The highest BCUT2D eigenvalue weighted by Gasteiger charge is 2.30. The second kappa shape index (κ2) is 12.5. The van der Waals surface area contributed by atoms with E-state index in [1.807, 2.05) is 25.1 Å². The number of aryl methyl sites for hydroxylation is 2. The first-order valence-electron chi connectivity index (χ1n) is 13.0. The van der Waals surface area contributed by atoms with E-state index in [0.29, 0.717) is 40.2 Å². The minimum Gasteiger partial charge on any atom is -0.480 e. The van der Waals surface area contributed by atoms with Crippen molar-refractivity contribution in [3.63, 3.8) is 0 Å². The SMILES string of the molecule is CCOC(=O)CC(c1cc(Cl)c(C)c(CN2CC=C(O)OS2(=O)=O)c1)c1ccc2c(nnn2CCCCO)c1C. The number of esters is 1. The highest BCUT2D eigenvalue weighted by molar-refractivity contribution is 7.84. The van der Waals surface area contributed by atoms with E-state index in [2.05, 4.69) is 14.5 Å². The number of benzene rings is 2. The summed E-state index contributed by atoms with van der Waals surface area (Å²) in [5, 5.41) is 27.7. The minimum atomic E-state index is -4.18. The predicted octanol–water partition coefficient (Wildman–Crippen LogP) is 4.04. The summed E-state index contributed by atoms with van der Waals surface area (Å²) in [6.45, 7) is 6.32. The van der Waals surface area contributed by atoms with Crippen molar-refractivity contribution in [1.29, 1.82) is 0 Å². The number of carbonyl (C=O) groups excluding carboxylic acids is 1. The van der Waals surface area contributed by atoms with Crippen molar-refractivity contribution in [2.75, 3.05) is 19.8 Å². The molecule has 0 amide bonds. The van der Waals surface area contributed by atoms with Gasteiger partial charge in [0.05, 0.1) is 18.5 Å². The van der Waals surface area contributed by atoms with Crippen LogP contribution in [0.15, 0.2) is 36.3 Å². The molecule has 0 saturated carbocycles. The molecule has 40 heavy (non-hydrogen) atoms. The number of halogens is 1. The van der Waals surface area contributed by atoms with Gasteiger partial charge in [-0.05, 0) is 73.6 Å². The van der Waals surface area contributed by atoms with Gasteiger partial charge in [-0.2, -0.15) is 12.7 Å². The van der Waals surface area contributed by atoms with Crippen LogP contribution in [0.3, 0.4) is 0 Å². The molecule has 216 valence electrons. The number of aliphatic hydroxyl groups excluding tert-OH is 2. The highest BCUT2D eigenvalue weighted by Crippen LogP contribution is 2.37. The Bertz CT molecular complexity index is 1540. The molecule has 0 fully saturated rings. The minimum absolute atomic E-state index is 0.0331. The standard InChI is InChI=1S/C27H33ClN4O7S/c1-4-38-26(35)15-22(21-7-8-24-27(18(21)3)29-30-32(24)10-5-6-12-33)19-13-20(17(2)23(28)14-19)16-31-11-9-25(34)39-40(31,36)37/h7-9,13-14,22,33-34H,4-6,10-12,15-16H2,1-3H3. The van der Waals surface area contributed by atoms with Crippen molar-refractivity contribution in [3.8, 4) is 0 Å². The van der Waals surface area contributed by atoms with E-state index >= 15 is 0 Å². The van der Waals surface area contributed by atoms with E-state index in [1.54, 1.807) is 24.6 Å². The summed E-state index contributed by atoms with van der Waals surface area (Å²) >= 11 is 6.65. The molecule has 0 bridgehead atoms. The number of ether oxygens (including phenoxy) is 1. The molecule has 1 aromatic heterocycles. The number of carbonyl (C=O) groups is 1. The number of nitrogens with zero attached hydrogens (tertiary/aromatic N) is 4. The van der Waals surface area contributed by atoms with Crippen molar-refractivity contribution in [3.05, 3.63) is 69.1 Å². The third-order valence-corrected chi connectivity index (χ3v) is 8.70. The van der Waals surface area contributed by atoms with Crippen LogP contribution in [0.5, 0.6) is 0 Å². The van der Waals surface area contributed by atoms with Crippen molar-refractivity contribution in [2.45, 2.75) is 59.0 Å². The molecule has 13 heteroatoms. The van der Waals surface area contributed by atoms with Crippen LogP contribution in [0.25, 0.3) is 11.0 Å². The van der Waals surface area contributed by atoms with Crippen LogP contribution in [0.1, 0.15) is 59.9 Å². The Morgan fingerprint density at radius 2 is 2.00 bits per heavy atom. The van der Waals surface area contributed by atoms with Gasteiger partial charge in [0.15, 0.2) is 0 Å². The van der Waals surface area contributed by atoms with Crippen LogP contribution in [0.2, 0.25) is 5.02 Å². The Balaban J connectivity index is 1.76. The Morgan fingerprint density at radius 3 is 2.70 bits per heavy atom. The summed E-state index contributed by atoms with van der Waals surface area (Å²) in [7, 11) is -4.18. The van der Waals surface area contributed by atoms with Crippen LogP contribution in [-0.2, 0) is 37.1 Å². The third kappa shape index (κ3) is 6.41. The van der Waals surface area contributed by atoms with Crippen LogP contribution in [0, 0.1) is 13.8 Å². The topological polar surface area (TPSA) is 144 Å².